The fourth-order valence-corrected chi connectivity index (χ4v) is 4.78. The van der Waals surface area contributed by atoms with Crippen molar-refractivity contribution in [1.29, 1.82) is 0 Å². The zero-order chi connectivity index (χ0) is 27.7. The van der Waals surface area contributed by atoms with Gasteiger partial charge in [0.2, 0.25) is 5.75 Å². The second-order valence-corrected chi connectivity index (χ2v) is 10.2. The number of morpholine rings is 1. The first-order valence-corrected chi connectivity index (χ1v) is 13.7. The van der Waals surface area contributed by atoms with Crippen LogP contribution < -0.4 is 10.9 Å². The van der Waals surface area contributed by atoms with Gasteiger partial charge in [-0.15, -0.1) is 0 Å². The summed E-state index contributed by atoms with van der Waals surface area (Å²) in [7, 11) is 0. The number of benzene rings is 2. The molecule has 0 aliphatic carbocycles. The molecule has 5 rings (SSSR count). The summed E-state index contributed by atoms with van der Waals surface area (Å²) in [6, 6.07) is 16.2. The molecular weight excluding hydrogens is 508 g/mol. The van der Waals surface area contributed by atoms with Crippen molar-refractivity contribution in [2.24, 2.45) is 0 Å². The zero-order valence-electron chi connectivity index (χ0n) is 22.4. The number of nitrogens with one attached hydrogen (secondary N) is 2. The maximum Gasteiger partial charge on any atom is 0.306 e. The molecule has 1 aromatic heterocycles. The van der Waals surface area contributed by atoms with Gasteiger partial charge in [0.1, 0.15) is 6.10 Å². The Bertz CT molecular complexity index is 1400. The van der Waals surface area contributed by atoms with Crippen LogP contribution in [0, 0.1) is 11.8 Å². The van der Waals surface area contributed by atoms with E-state index in [4.69, 9.17) is 9.47 Å². The lowest BCUT2D eigenvalue weighted by molar-refractivity contribution is -0.151. The summed E-state index contributed by atoms with van der Waals surface area (Å²) in [4.78, 5) is 33.2. The molecule has 0 spiro atoms. The number of aromatic nitrogens is 2. The van der Waals surface area contributed by atoms with Gasteiger partial charge in [-0.1, -0.05) is 36.1 Å². The number of ether oxygens (including phenoxy) is 2. The highest BCUT2D eigenvalue weighted by molar-refractivity contribution is 5.69. The summed E-state index contributed by atoms with van der Waals surface area (Å²) in [6.45, 7) is 5.78. The molecule has 2 fully saturated rings. The fraction of sp³-hybridized carbons (Fsp3) is 0.387. The van der Waals surface area contributed by atoms with Gasteiger partial charge in [0.15, 0.2) is 0 Å². The van der Waals surface area contributed by atoms with Crippen molar-refractivity contribution >= 4 is 5.97 Å². The van der Waals surface area contributed by atoms with E-state index in [1.165, 1.54) is 11.9 Å². The molecule has 3 aromatic rings. The number of hydrogen-bond donors (Lipinski definition) is 3. The molecule has 0 radical (unpaired) electrons. The van der Waals surface area contributed by atoms with Gasteiger partial charge in [0.25, 0.3) is 5.56 Å². The van der Waals surface area contributed by atoms with E-state index in [0.29, 0.717) is 31.6 Å². The maximum absolute atomic E-state index is 12.4. The highest BCUT2D eigenvalue weighted by Gasteiger charge is 2.23. The van der Waals surface area contributed by atoms with E-state index in [-0.39, 0.29) is 24.4 Å². The molecule has 9 heteroatoms. The van der Waals surface area contributed by atoms with Crippen molar-refractivity contribution in [3.8, 4) is 17.6 Å². The average molecular weight is 543 g/mol. The molecule has 2 saturated heterocycles. The number of nitrogens with zero attached hydrogens (tertiary/aromatic N) is 2. The van der Waals surface area contributed by atoms with Crippen LogP contribution >= 0.6 is 0 Å². The standard InChI is InChI=1S/C31H34N4O5/c36-29(40-27-18-32-19-27)12-11-26(17-28-30(37)31(38)34-21-33-28)25-9-7-23(8-10-25)2-1-22-3-5-24(6-4-22)20-35-13-15-39-16-14-35/h3-10,21,26-27,32,37H,11-20H2,(H,33,34,38). The molecular formula is C31H34N4O5. The van der Waals surface area contributed by atoms with E-state index in [1.54, 1.807) is 0 Å². The van der Waals surface area contributed by atoms with Crippen LogP contribution in [0.5, 0.6) is 5.75 Å². The topological polar surface area (TPSA) is 117 Å². The van der Waals surface area contributed by atoms with Crippen LogP contribution in [-0.4, -0.2) is 71.4 Å². The van der Waals surface area contributed by atoms with Gasteiger partial charge in [-0.3, -0.25) is 14.5 Å². The van der Waals surface area contributed by atoms with E-state index in [1.807, 2.05) is 36.4 Å². The van der Waals surface area contributed by atoms with Gasteiger partial charge in [-0.2, -0.15) is 0 Å². The molecule has 2 aliphatic heterocycles. The summed E-state index contributed by atoms with van der Waals surface area (Å²) in [5, 5.41) is 13.3. The van der Waals surface area contributed by atoms with E-state index in [9.17, 15) is 14.7 Å². The van der Waals surface area contributed by atoms with E-state index < -0.39 is 11.3 Å². The molecule has 1 atom stereocenters. The Morgan fingerprint density at radius 3 is 2.40 bits per heavy atom. The molecule has 40 heavy (non-hydrogen) atoms. The van der Waals surface area contributed by atoms with Crippen molar-refractivity contribution in [1.82, 2.24) is 20.2 Å². The van der Waals surface area contributed by atoms with E-state index >= 15 is 0 Å². The Morgan fingerprint density at radius 1 is 1.07 bits per heavy atom. The first-order valence-electron chi connectivity index (χ1n) is 13.7. The number of H-pyrrole nitrogens is 1. The van der Waals surface area contributed by atoms with E-state index in [0.717, 1.165) is 49.5 Å². The number of hydrogen-bond acceptors (Lipinski definition) is 8. The first-order chi connectivity index (χ1) is 19.5. The average Bonchev–Trinajstić information content (AvgIpc) is 2.96. The minimum atomic E-state index is -0.583. The molecule has 3 N–H and O–H groups in total. The Labute approximate surface area is 233 Å². The number of esters is 1. The maximum atomic E-state index is 12.4. The number of carbonyl (C=O) groups excluding carboxylic acids is 1. The fourth-order valence-electron chi connectivity index (χ4n) is 4.78. The molecule has 1 unspecified atom stereocenters. The highest BCUT2D eigenvalue weighted by Crippen LogP contribution is 2.28. The second-order valence-electron chi connectivity index (χ2n) is 10.2. The van der Waals surface area contributed by atoms with Crippen molar-refractivity contribution in [2.45, 2.75) is 37.8 Å². The summed E-state index contributed by atoms with van der Waals surface area (Å²) in [5.41, 5.74) is 3.76. The van der Waals surface area contributed by atoms with Crippen LogP contribution in [0.25, 0.3) is 0 Å². The van der Waals surface area contributed by atoms with Crippen molar-refractivity contribution in [3.63, 3.8) is 0 Å². The quantitative estimate of drug-likeness (QED) is 0.279. The van der Waals surface area contributed by atoms with E-state index in [2.05, 4.69) is 44.2 Å². The minimum absolute atomic E-state index is 0.0665. The molecule has 0 saturated carbocycles. The molecule has 208 valence electrons. The largest absolute Gasteiger partial charge is 0.502 e. The summed E-state index contributed by atoms with van der Waals surface area (Å²) in [5.74, 6) is 5.66. The van der Waals surface area contributed by atoms with Crippen molar-refractivity contribution < 1.29 is 19.4 Å². The number of rotatable bonds is 9. The molecule has 2 aliphatic rings. The number of aromatic amines is 1. The normalized spacial score (nSPS) is 16.4. The number of carbonyl (C=O) groups is 1. The SMILES string of the molecule is O=C(CCC(Cc1nc[nH]c(=O)c1O)c1ccc(C#Cc2ccc(CN3CCOCC3)cc2)cc1)OC1CNC1. The predicted octanol–water partition coefficient (Wildman–Crippen LogP) is 2.33. The molecule has 3 heterocycles. The molecule has 9 nitrogen and oxygen atoms in total. The molecule has 0 amide bonds. The summed E-state index contributed by atoms with van der Waals surface area (Å²) in [6.07, 6.45) is 2.25. The summed E-state index contributed by atoms with van der Waals surface area (Å²) < 4.78 is 10.9. The van der Waals surface area contributed by atoms with Crippen molar-refractivity contribution in [2.75, 3.05) is 39.4 Å². The van der Waals surface area contributed by atoms with Gasteiger partial charge < -0.3 is 24.9 Å². The van der Waals surface area contributed by atoms with Crippen LogP contribution in [0.4, 0.5) is 0 Å². The third-order valence-corrected chi connectivity index (χ3v) is 7.28. The smallest absolute Gasteiger partial charge is 0.306 e. The molecule has 2 aromatic carbocycles. The first kappa shape index (κ1) is 27.6. The van der Waals surface area contributed by atoms with Gasteiger partial charge in [0.05, 0.1) is 25.2 Å². The summed E-state index contributed by atoms with van der Waals surface area (Å²) >= 11 is 0. The second kappa shape index (κ2) is 13.4. The number of aromatic hydroxyl groups is 1. The van der Waals surface area contributed by atoms with Crippen LogP contribution in [0.3, 0.4) is 0 Å². The van der Waals surface area contributed by atoms with Gasteiger partial charge in [-0.25, -0.2) is 4.98 Å². The van der Waals surface area contributed by atoms with Gasteiger partial charge in [-0.05, 0) is 47.7 Å². The Hall–Kier alpha value is -3.97. The Morgan fingerprint density at radius 2 is 1.75 bits per heavy atom. The van der Waals surface area contributed by atoms with Gasteiger partial charge >= 0.3 is 5.97 Å². The van der Waals surface area contributed by atoms with Crippen LogP contribution in [-0.2, 0) is 27.2 Å². The van der Waals surface area contributed by atoms with Crippen molar-refractivity contribution in [3.05, 3.63) is 93.2 Å². The highest BCUT2D eigenvalue weighted by atomic mass is 16.5. The lowest BCUT2D eigenvalue weighted by atomic mass is 9.89. The van der Waals surface area contributed by atoms with Crippen LogP contribution in [0.2, 0.25) is 0 Å². The lowest BCUT2D eigenvalue weighted by Gasteiger charge is -2.27. The van der Waals surface area contributed by atoms with Gasteiger partial charge in [0, 0.05) is 56.7 Å². The Balaban J connectivity index is 1.24. The molecule has 0 bridgehead atoms. The monoisotopic (exact) mass is 542 g/mol. The predicted molar refractivity (Wildman–Crippen MR) is 150 cm³/mol. The zero-order valence-corrected chi connectivity index (χ0v) is 22.4. The van der Waals surface area contributed by atoms with Crippen LogP contribution in [0.15, 0.2) is 59.7 Å². The third kappa shape index (κ3) is 7.57. The third-order valence-electron chi connectivity index (χ3n) is 7.28. The lowest BCUT2D eigenvalue weighted by Crippen LogP contribution is -2.49. The minimum Gasteiger partial charge on any atom is -0.502 e. The van der Waals surface area contributed by atoms with Crippen LogP contribution in [0.1, 0.15) is 46.7 Å². The Kier molecular flexibility index (Phi) is 9.24.